The van der Waals surface area contributed by atoms with Gasteiger partial charge < -0.3 is 14.5 Å². The third-order valence-corrected chi connectivity index (χ3v) is 5.56. The van der Waals surface area contributed by atoms with Crippen molar-refractivity contribution in [3.8, 4) is 16.9 Å². The van der Waals surface area contributed by atoms with Crippen LogP contribution in [-0.4, -0.2) is 13.0 Å². The average molecular weight is 486 g/mol. The summed E-state index contributed by atoms with van der Waals surface area (Å²) >= 11 is 6.00. The molecule has 4 nitrogen and oxygen atoms in total. The number of allylic oxidation sites excluding steroid dienone is 1. The SMILES string of the molecule is COc1cc2occ(-c3ccc(Cl)cc3)c2cc1/C(C)=C/C(=O)Nc1ccc(C(F)(F)F)cc1. The molecule has 34 heavy (non-hydrogen) atoms. The summed E-state index contributed by atoms with van der Waals surface area (Å²) in [6, 6.07) is 15.2. The summed E-state index contributed by atoms with van der Waals surface area (Å²) in [6.45, 7) is 1.75. The molecule has 1 aromatic heterocycles. The van der Waals surface area contributed by atoms with Gasteiger partial charge in [-0.05, 0) is 60.5 Å². The number of carbonyl (C=O) groups is 1. The van der Waals surface area contributed by atoms with E-state index in [1.165, 1.54) is 25.3 Å². The molecule has 0 radical (unpaired) electrons. The van der Waals surface area contributed by atoms with Crippen LogP contribution in [-0.2, 0) is 11.0 Å². The van der Waals surface area contributed by atoms with Crippen molar-refractivity contribution in [2.45, 2.75) is 13.1 Å². The van der Waals surface area contributed by atoms with Crippen LogP contribution in [0.3, 0.4) is 0 Å². The zero-order valence-electron chi connectivity index (χ0n) is 18.2. The maximum atomic E-state index is 12.7. The zero-order chi connectivity index (χ0) is 24.5. The van der Waals surface area contributed by atoms with Gasteiger partial charge in [0.25, 0.3) is 0 Å². The Labute approximate surface area is 198 Å². The maximum Gasteiger partial charge on any atom is 0.416 e. The topological polar surface area (TPSA) is 51.5 Å². The largest absolute Gasteiger partial charge is 0.496 e. The molecular formula is C26H19ClF3NO3. The van der Waals surface area contributed by atoms with Gasteiger partial charge in [0.2, 0.25) is 5.91 Å². The van der Waals surface area contributed by atoms with Crippen molar-refractivity contribution >= 4 is 39.7 Å². The summed E-state index contributed by atoms with van der Waals surface area (Å²) < 4.78 is 49.4. The lowest BCUT2D eigenvalue weighted by molar-refractivity contribution is -0.137. The number of benzene rings is 3. The van der Waals surface area contributed by atoms with E-state index in [0.29, 0.717) is 27.5 Å². The fraction of sp³-hybridized carbons (Fsp3) is 0.115. The Morgan fingerprint density at radius 3 is 2.35 bits per heavy atom. The number of ether oxygens (including phenoxy) is 1. The molecule has 1 heterocycles. The maximum absolute atomic E-state index is 12.7. The Kier molecular flexibility index (Phi) is 6.39. The molecule has 0 spiro atoms. The van der Waals surface area contributed by atoms with E-state index >= 15 is 0 Å². The number of hydrogen-bond acceptors (Lipinski definition) is 3. The van der Waals surface area contributed by atoms with Gasteiger partial charge in [0.15, 0.2) is 0 Å². The average Bonchev–Trinajstić information content (AvgIpc) is 3.21. The lowest BCUT2D eigenvalue weighted by atomic mass is 9.99. The minimum absolute atomic E-state index is 0.254. The van der Waals surface area contributed by atoms with Crippen molar-refractivity contribution in [3.63, 3.8) is 0 Å². The number of anilines is 1. The number of rotatable bonds is 5. The molecule has 0 bridgehead atoms. The molecule has 1 amide bonds. The van der Waals surface area contributed by atoms with Crippen LogP contribution in [0.1, 0.15) is 18.1 Å². The van der Waals surface area contributed by atoms with Crippen LogP contribution in [0.2, 0.25) is 5.02 Å². The summed E-state index contributed by atoms with van der Waals surface area (Å²) in [4.78, 5) is 12.5. The summed E-state index contributed by atoms with van der Waals surface area (Å²) in [5.74, 6) is 0.0325. The second-order valence-electron chi connectivity index (χ2n) is 7.60. The van der Waals surface area contributed by atoms with Gasteiger partial charge in [-0.3, -0.25) is 4.79 Å². The van der Waals surface area contributed by atoms with Crippen LogP contribution in [0.5, 0.6) is 5.75 Å². The normalized spacial score (nSPS) is 12.1. The molecule has 0 aliphatic rings. The Hall–Kier alpha value is -3.71. The number of amides is 1. The van der Waals surface area contributed by atoms with Crippen LogP contribution in [0.15, 0.2) is 77.4 Å². The summed E-state index contributed by atoms with van der Waals surface area (Å²) in [6.07, 6.45) is -1.43. The third kappa shape index (κ3) is 4.94. The van der Waals surface area contributed by atoms with E-state index < -0.39 is 17.6 Å². The summed E-state index contributed by atoms with van der Waals surface area (Å²) in [5.41, 5.74) is 3.14. The highest BCUT2D eigenvalue weighted by Gasteiger charge is 2.30. The van der Waals surface area contributed by atoms with Gasteiger partial charge in [0, 0.05) is 39.4 Å². The number of carbonyl (C=O) groups excluding carboxylic acids is 1. The van der Waals surface area contributed by atoms with Crippen LogP contribution in [0.25, 0.3) is 27.7 Å². The molecule has 8 heteroatoms. The molecule has 0 aliphatic carbocycles. The molecule has 3 aromatic carbocycles. The standard InChI is InChI=1S/C26H19ClF3NO3/c1-15(11-25(32)31-19-9-5-17(6-10-19)26(28,29)30)20-12-21-22(16-3-7-18(27)8-4-16)14-34-24(21)13-23(20)33-2/h3-14H,1-2H3,(H,31,32)/b15-11+. The minimum Gasteiger partial charge on any atom is -0.496 e. The van der Waals surface area contributed by atoms with E-state index in [-0.39, 0.29) is 5.69 Å². The Morgan fingerprint density at radius 2 is 1.74 bits per heavy atom. The molecule has 4 aromatic rings. The first kappa shape index (κ1) is 23.4. The van der Waals surface area contributed by atoms with Crippen molar-refractivity contribution in [2.75, 3.05) is 12.4 Å². The van der Waals surface area contributed by atoms with Crippen molar-refractivity contribution in [3.05, 3.63) is 89.2 Å². The number of nitrogens with one attached hydrogen (secondary N) is 1. The fourth-order valence-electron chi connectivity index (χ4n) is 3.58. The highest BCUT2D eigenvalue weighted by Crippen LogP contribution is 2.37. The third-order valence-electron chi connectivity index (χ3n) is 5.30. The van der Waals surface area contributed by atoms with Gasteiger partial charge in [-0.2, -0.15) is 13.2 Å². The molecule has 0 saturated heterocycles. The molecule has 1 N–H and O–H groups in total. The smallest absolute Gasteiger partial charge is 0.416 e. The molecular weight excluding hydrogens is 467 g/mol. The summed E-state index contributed by atoms with van der Waals surface area (Å²) in [5, 5.41) is 4.03. The number of furan rings is 1. The molecule has 0 unspecified atom stereocenters. The van der Waals surface area contributed by atoms with Crippen LogP contribution >= 0.6 is 11.6 Å². The summed E-state index contributed by atoms with van der Waals surface area (Å²) in [7, 11) is 1.52. The van der Waals surface area contributed by atoms with Gasteiger partial charge in [-0.1, -0.05) is 23.7 Å². The molecule has 0 saturated carbocycles. The number of halogens is 4. The van der Waals surface area contributed by atoms with E-state index in [9.17, 15) is 18.0 Å². The van der Waals surface area contributed by atoms with Gasteiger partial charge in [-0.25, -0.2) is 0 Å². The van der Waals surface area contributed by atoms with E-state index in [1.807, 2.05) is 18.2 Å². The molecule has 0 atom stereocenters. The van der Waals surface area contributed by atoms with Gasteiger partial charge >= 0.3 is 6.18 Å². The quantitative estimate of drug-likeness (QED) is 0.293. The van der Waals surface area contributed by atoms with E-state index in [0.717, 1.165) is 28.6 Å². The molecule has 0 fully saturated rings. The van der Waals surface area contributed by atoms with Crippen LogP contribution < -0.4 is 10.1 Å². The van der Waals surface area contributed by atoms with Crippen molar-refractivity contribution in [2.24, 2.45) is 0 Å². The predicted octanol–water partition coefficient (Wildman–Crippen LogP) is 7.82. The lowest BCUT2D eigenvalue weighted by Crippen LogP contribution is -2.10. The molecule has 174 valence electrons. The first-order valence-corrected chi connectivity index (χ1v) is 10.6. The highest BCUT2D eigenvalue weighted by atomic mass is 35.5. The van der Waals surface area contributed by atoms with Gasteiger partial charge in [0.1, 0.15) is 11.3 Å². The first-order valence-electron chi connectivity index (χ1n) is 10.2. The van der Waals surface area contributed by atoms with E-state index in [2.05, 4.69) is 5.32 Å². The van der Waals surface area contributed by atoms with Gasteiger partial charge in [-0.15, -0.1) is 0 Å². The van der Waals surface area contributed by atoms with Gasteiger partial charge in [0.05, 0.1) is 18.9 Å². The Bertz CT molecular complexity index is 1370. The second-order valence-corrected chi connectivity index (χ2v) is 8.03. The molecule has 0 aliphatic heterocycles. The first-order chi connectivity index (χ1) is 16.2. The fourth-order valence-corrected chi connectivity index (χ4v) is 3.71. The minimum atomic E-state index is -4.44. The number of methoxy groups -OCH3 is 1. The Morgan fingerprint density at radius 1 is 1.06 bits per heavy atom. The number of fused-ring (bicyclic) bond motifs is 1. The van der Waals surface area contributed by atoms with Crippen LogP contribution in [0.4, 0.5) is 18.9 Å². The molecule has 4 rings (SSSR count). The predicted molar refractivity (Wildman–Crippen MR) is 127 cm³/mol. The monoisotopic (exact) mass is 485 g/mol. The lowest BCUT2D eigenvalue weighted by Gasteiger charge is -2.11. The zero-order valence-corrected chi connectivity index (χ0v) is 18.9. The van der Waals surface area contributed by atoms with Crippen LogP contribution in [0, 0.1) is 0 Å². The number of hydrogen-bond donors (Lipinski definition) is 1. The van der Waals surface area contributed by atoms with E-state index in [4.69, 9.17) is 20.8 Å². The van der Waals surface area contributed by atoms with Crippen molar-refractivity contribution in [1.29, 1.82) is 0 Å². The van der Waals surface area contributed by atoms with Crippen molar-refractivity contribution < 1.29 is 27.1 Å². The second kappa shape index (κ2) is 9.27. The number of alkyl halides is 3. The van der Waals surface area contributed by atoms with Crippen molar-refractivity contribution in [1.82, 2.24) is 0 Å². The van der Waals surface area contributed by atoms with E-state index in [1.54, 1.807) is 31.4 Å². The highest BCUT2D eigenvalue weighted by molar-refractivity contribution is 6.30. The Balaban J connectivity index is 1.64.